The van der Waals surface area contributed by atoms with Gasteiger partial charge in [-0.25, -0.2) is 0 Å². The first-order valence-electron chi connectivity index (χ1n) is 5.48. The topological polar surface area (TPSA) is 58.6 Å². The molecule has 4 nitrogen and oxygen atoms in total. The van der Waals surface area contributed by atoms with Gasteiger partial charge in [-0.3, -0.25) is 4.79 Å². The summed E-state index contributed by atoms with van der Waals surface area (Å²) in [6.45, 7) is 7.81. The van der Waals surface area contributed by atoms with Gasteiger partial charge in [-0.1, -0.05) is 13.3 Å². The van der Waals surface area contributed by atoms with Gasteiger partial charge in [-0.05, 0) is 27.2 Å². The molecule has 0 aromatic carbocycles. The van der Waals surface area contributed by atoms with Crippen LogP contribution in [0.4, 0.5) is 0 Å². The molecule has 0 aromatic heterocycles. The molecule has 0 radical (unpaired) electrons. The van der Waals surface area contributed by atoms with Crippen LogP contribution in [0.15, 0.2) is 0 Å². The zero-order valence-electron chi connectivity index (χ0n) is 10.2. The first kappa shape index (κ1) is 14.4. The predicted octanol–water partition coefficient (Wildman–Crippen LogP) is 1.08. The average Bonchev–Trinajstić information content (AvgIpc) is 2.11. The number of aliphatic hydroxyl groups is 1. The Kier molecular flexibility index (Phi) is 6.52. The van der Waals surface area contributed by atoms with Gasteiger partial charge in [0.2, 0.25) is 5.91 Å². The molecule has 0 heterocycles. The van der Waals surface area contributed by atoms with E-state index in [1.54, 1.807) is 6.92 Å². The Balaban J connectivity index is 3.70. The van der Waals surface area contributed by atoms with Gasteiger partial charge in [0.15, 0.2) is 0 Å². The quantitative estimate of drug-likeness (QED) is 0.671. The van der Waals surface area contributed by atoms with Crippen LogP contribution in [0.3, 0.4) is 0 Å². The third-order valence-corrected chi connectivity index (χ3v) is 2.00. The van der Waals surface area contributed by atoms with E-state index in [-0.39, 0.29) is 25.2 Å². The molecular formula is C11H23NO3. The summed E-state index contributed by atoms with van der Waals surface area (Å²) in [6, 6.07) is 0. The van der Waals surface area contributed by atoms with E-state index in [9.17, 15) is 9.90 Å². The van der Waals surface area contributed by atoms with Crippen molar-refractivity contribution in [1.82, 2.24) is 5.32 Å². The van der Waals surface area contributed by atoms with Crippen molar-refractivity contribution in [2.24, 2.45) is 0 Å². The van der Waals surface area contributed by atoms with Crippen LogP contribution in [0.2, 0.25) is 0 Å². The van der Waals surface area contributed by atoms with Gasteiger partial charge in [0.1, 0.15) is 6.61 Å². The standard InChI is InChI=1S/C11H23NO3/c1-5-6-11(4,14)8-12-10(13)7-15-9(2)3/h9,14H,5-8H2,1-4H3,(H,12,13). The second-order valence-electron chi connectivity index (χ2n) is 4.38. The van der Waals surface area contributed by atoms with Crippen LogP contribution in [0.25, 0.3) is 0 Å². The van der Waals surface area contributed by atoms with E-state index >= 15 is 0 Å². The smallest absolute Gasteiger partial charge is 0.246 e. The van der Waals surface area contributed by atoms with E-state index in [4.69, 9.17) is 4.74 Å². The monoisotopic (exact) mass is 217 g/mol. The fraction of sp³-hybridized carbons (Fsp3) is 0.909. The van der Waals surface area contributed by atoms with Crippen LogP contribution in [0.5, 0.6) is 0 Å². The van der Waals surface area contributed by atoms with Crippen LogP contribution in [-0.2, 0) is 9.53 Å². The molecule has 90 valence electrons. The summed E-state index contributed by atoms with van der Waals surface area (Å²) in [6.07, 6.45) is 1.62. The molecule has 0 saturated heterocycles. The lowest BCUT2D eigenvalue weighted by molar-refractivity contribution is -0.128. The van der Waals surface area contributed by atoms with E-state index in [0.717, 1.165) is 6.42 Å². The second-order valence-corrected chi connectivity index (χ2v) is 4.38. The van der Waals surface area contributed by atoms with Crippen LogP contribution in [0, 0.1) is 0 Å². The summed E-state index contributed by atoms with van der Waals surface area (Å²) in [7, 11) is 0. The summed E-state index contributed by atoms with van der Waals surface area (Å²) >= 11 is 0. The van der Waals surface area contributed by atoms with Crippen molar-refractivity contribution in [1.29, 1.82) is 0 Å². The van der Waals surface area contributed by atoms with Gasteiger partial charge in [0, 0.05) is 6.54 Å². The Morgan fingerprint density at radius 2 is 2.13 bits per heavy atom. The van der Waals surface area contributed by atoms with Crippen molar-refractivity contribution in [2.75, 3.05) is 13.2 Å². The Morgan fingerprint density at radius 3 is 2.60 bits per heavy atom. The van der Waals surface area contributed by atoms with Gasteiger partial charge < -0.3 is 15.2 Å². The zero-order valence-corrected chi connectivity index (χ0v) is 10.2. The van der Waals surface area contributed by atoms with E-state index in [2.05, 4.69) is 5.32 Å². The van der Waals surface area contributed by atoms with E-state index in [1.807, 2.05) is 20.8 Å². The lowest BCUT2D eigenvalue weighted by Crippen LogP contribution is -2.42. The van der Waals surface area contributed by atoms with Gasteiger partial charge >= 0.3 is 0 Å². The first-order valence-corrected chi connectivity index (χ1v) is 5.48. The average molecular weight is 217 g/mol. The highest BCUT2D eigenvalue weighted by Crippen LogP contribution is 2.09. The normalized spacial score (nSPS) is 15.1. The SMILES string of the molecule is CCCC(C)(O)CNC(=O)COC(C)C. The minimum Gasteiger partial charge on any atom is -0.388 e. The summed E-state index contributed by atoms with van der Waals surface area (Å²) in [5.41, 5.74) is -0.817. The van der Waals surface area contributed by atoms with Crippen molar-refractivity contribution in [3.05, 3.63) is 0 Å². The Hall–Kier alpha value is -0.610. The largest absolute Gasteiger partial charge is 0.388 e. The number of nitrogens with one attached hydrogen (secondary N) is 1. The molecule has 2 N–H and O–H groups in total. The van der Waals surface area contributed by atoms with E-state index in [1.165, 1.54) is 0 Å². The lowest BCUT2D eigenvalue weighted by Gasteiger charge is -2.23. The molecule has 4 heteroatoms. The molecule has 1 atom stereocenters. The molecule has 0 rings (SSSR count). The number of carbonyl (C=O) groups excluding carboxylic acids is 1. The molecule has 1 amide bonds. The Labute approximate surface area is 92.0 Å². The van der Waals surface area contributed by atoms with Crippen LogP contribution >= 0.6 is 0 Å². The van der Waals surface area contributed by atoms with Crippen LogP contribution in [-0.4, -0.2) is 35.9 Å². The molecule has 0 aliphatic carbocycles. The highest BCUT2D eigenvalue weighted by molar-refractivity contribution is 5.77. The predicted molar refractivity (Wildman–Crippen MR) is 59.6 cm³/mol. The fourth-order valence-corrected chi connectivity index (χ4v) is 1.21. The van der Waals surface area contributed by atoms with Gasteiger partial charge in [-0.2, -0.15) is 0 Å². The van der Waals surface area contributed by atoms with Crippen molar-refractivity contribution in [2.45, 2.75) is 52.2 Å². The molecule has 0 aliphatic rings. The van der Waals surface area contributed by atoms with Crippen molar-refractivity contribution >= 4 is 5.91 Å². The molecule has 0 aliphatic heterocycles. The molecule has 0 saturated carbocycles. The molecule has 15 heavy (non-hydrogen) atoms. The maximum absolute atomic E-state index is 11.3. The fourth-order valence-electron chi connectivity index (χ4n) is 1.21. The molecule has 1 unspecified atom stereocenters. The Bertz CT molecular complexity index is 190. The lowest BCUT2D eigenvalue weighted by atomic mass is 10.0. The molecule has 0 fully saturated rings. The Morgan fingerprint density at radius 1 is 1.53 bits per heavy atom. The van der Waals surface area contributed by atoms with Crippen LogP contribution < -0.4 is 5.32 Å². The van der Waals surface area contributed by atoms with Crippen molar-refractivity contribution in [3.63, 3.8) is 0 Å². The highest BCUT2D eigenvalue weighted by atomic mass is 16.5. The van der Waals surface area contributed by atoms with Gasteiger partial charge in [0.05, 0.1) is 11.7 Å². The molecular weight excluding hydrogens is 194 g/mol. The summed E-state index contributed by atoms with van der Waals surface area (Å²) in [5, 5.41) is 12.4. The van der Waals surface area contributed by atoms with Gasteiger partial charge in [0.25, 0.3) is 0 Å². The third-order valence-electron chi connectivity index (χ3n) is 2.00. The van der Waals surface area contributed by atoms with Crippen molar-refractivity contribution < 1.29 is 14.6 Å². The number of amides is 1. The first-order chi connectivity index (χ1) is 6.87. The van der Waals surface area contributed by atoms with E-state index < -0.39 is 5.60 Å². The zero-order chi connectivity index (χ0) is 11.9. The minimum absolute atomic E-state index is 0.0481. The number of hydrogen-bond acceptors (Lipinski definition) is 3. The summed E-state index contributed by atoms with van der Waals surface area (Å²) in [5.74, 6) is -0.180. The maximum Gasteiger partial charge on any atom is 0.246 e. The van der Waals surface area contributed by atoms with Crippen molar-refractivity contribution in [3.8, 4) is 0 Å². The maximum atomic E-state index is 11.3. The van der Waals surface area contributed by atoms with E-state index in [0.29, 0.717) is 6.42 Å². The minimum atomic E-state index is -0.817. The number of hydrogen-bond donors (Lipinski definition) is 2. The third kappa shape index (κ3) is 8.39. The highest BCUT2D eigenvalue weighted by Gasteiger charge is 2.19. The summed E-state index contributed by atoms with van der Waals surface area (Å²) < 4.78 is 5.14. The molecule has 0 spiro atoms. The van der Waals surface area contributed by atoms with Crippen LogP contribution in [0.1, 0.15) is 40.5 Å². The molecule has 0 aromatic rings. The summed E-state index contributed by atoms with van der Waals surface area (Å²) in [4.78, 5) is 11.3. The number of rotatable bonds is 7. The number of ether oxygens (including phenoxy) is 1. The van der Waals surface area contributed by atoms with Gasteiger partial charge in [-0.15, -0.1) is 0 Å². The second kappa shape index (κ2) is 6.80. The molecule has 0 bridgehead atoms. The number of carbonyl (C=O) groups is 1.